The third-order valence-electron chi connectivity index (χ3n) is 3.14. The van der Waals surface area contributed by atoms with Crippen LogP contribution >= 0.6 is 0 Å². The van der Waals surface area contributed by atoms with Crippen LogP contribution in [0.3, 0.4) is 0 Å². The van der Waals surface area contributed by atoms with E-state index in [0.717, 1.165) is 30.1 Å². The van der Waals surface area contributed by atoms with Crippen molar-refractivity contribution in [3.8, 4) is 0 Å². The number of carbonyl (C=O) groups is 1. The smallest absolute Gasteiger partial charge is 0.260 e. The summed E-state index contributed by atoms with van der Waals surface area (Å²) in [6.45, 7) is 5.84. The number of amidine groups is 1. The van der Waals surface area contributed by atoms with Crippen LogP contribution in [0.4, 0.5) is 0 Å². The number of carbonyl (C=O) groups excluding carboxylic acids is 1. The summed E-state index contributed by atoms with van der Waals surface area (Å²) in [5.74, 6) is 0.960. The molecule has 3 heteroatoms. The van der Waals surface area contributed by atoms with Gasteiger partial charge in [-0.15, -0.1) is 0 Å². The second-order valence-electron chi connectivity index (χ2n) is 5.24. The first-order chi connectivity index (χ1) is 7.58. The van der Waals surface area contributed by atoms with E-state index in [1.165, 1.54) is 0 Å². The molecule has 0 bridgehead atoms. The number of hydrogen-bond acceptors (Lipinski definition) is 2. The number of aliphatic imine (C=N–C) groups is 1. The Kier molecular flexibility index (Phi) is 1.76. The molecule has 1 aromatic rings. The van der Waals surface area contributed by atoms with Gasteiger partial charge < -0.3 is 0 Å². The molecule has 0 aliphatic carbocycles. The van der Waals surface area contributed by atoms with Crippen LogP contribution in [0.2, 0.25) is 0 Å². The van der Waals surface area contributed by atoms with Crippen LogP contribution in [0.5, 0.6) is 0 Å². The lowest BCUT2D eigenvalue weighted by Gasteiger charge is -2.33. The predicted molar refractivity (Wildman–Crippen MR) is 62.7 cm³/mol. The van der Waals surface area contributed by atoms with E-state index in [4.69, 9.17) is 0 Å². The molecule has 82 valence electrons. The van der Waals surface area contributed by atoms with Crippen LogP contribution in [-0.4, -0.2) is 29.7 Å². The molecule has 16 heavy (non-hydrogen) atoms. The van der Waals surface area contributed by atoms with Gasteiger partial charge in [0.2, 0.25) is 0 Å². The lowest BCUT2D eigenvalue weighted by Crippen LogP contribution is -2.44. The van der Waals surface area contributed by atoms with Crippen LogP contribution in [0.15, 0.2) is 29.3 Å². The molecule has 0 fully saturated rings. The molecule has 2 heterocycles. The lowest BCUT2D eigenvalue weighted by molar-refractivity contribution is 0.0809. The van der Waals surface area contributed by atoms with Crippen LogP contribution in [0.1, 0.15) is 29.8 Å². The molecule has 0 N–H and O–H groups in total. The molecule has 1 aromatic carbocycles. The Morgan fingerprint density at radius 1 is 1.25 bits per heavy atom. The fourth-order valence-electron chi connectivity index (χ4n) is 2.34. The van der Waals surface area contributed by atoms with E-state index < -0.39 is 0 Å². The maximum atomic E-state index is 12.2. The van der Waals surface area contributed by atoms with Gasteiger partial charge in [-0.05, 0) is 6.07 Å². The van der Waals surface area contributed by atoms with Crippen molar-refractivity contribution in [2.45, 2.75) is 13.8 Å². The zero-order valence-electron chi connectivity index (χ0n) is 9.53. The Hall–Kier alpha value is -1.64. The summed E-state index contributed by atoms with van der Waals surface area (Å²) in [5, 5.41) is 0. The zero-order valence-corrected chi connectivity index (χ0v) is 9.53. The summed E-state index contributed by atoms with van der Waals surface area (Å²) < 4.78 is 0. The Bertz CT molecular complexity index is 502. The summed E-state index contributed by atoms with van der Waals surface area (Å²) >= 11 is 0. The molecule has 0 spiro atoms. The maximum absolute atomic E-state index is 12.2. The van der Waals surface area contributed by atoms with E-state index in [-0.39, 0.29) is 11.3 Å². The highest BCUT2D eigenvalue weighted by atomic mass is 16.2. The minimum Gasteiger partial charge on any atom is -0.292 e. The van der Waals surface area contributed by atoms with E-state index in [1.54, 1.807) is 0 Å². The zero-order chi connectivity index (χ0) is 11.3. The van der Waals surface area contributed by atoms with Crippen molar-refractivity contribution in [1.82, 2.24) is 4.90 Å². The van der Waals surface area contributed by atoms with Crippen LogP contribution < -0.4 is 0 Å². The molecule has 2 aliphatic rings. The summed E-state index contributed by atoms with van der Waals surface area (Å²) in [5.41, 5.74) is 1.86. The van der Waals surface area contributed by atoms with E-state index >= 15 is 0 Å². The Labute approximate surface area is 94.8 Å². The van der Waals surface area contributed by atoms with Crippen molar-refractivity contribution in [3.63, 3.8) is 0 Å². The maximum Gasteiger partial charge on any atom is 0.260 e. The van der Waals surface area contributed by atoms with Crippen molar-refractivity contribution in [3.05, 3.63) is 35.4 Å². The number of amides is 1. The largest absolute Gasteiger partial charge is 0.292 e. The summed E-state index contributed by atoms with van der Waals surface area (Å²) in [6.07, 6.45) is 0. The lowest BCUT2D eigenvalue weighted by atomic mass is 9.91. The number of hydrogen-bond donors (Lipinski definition) is 0. The Morgan fingerprint density at radius 2 is 1.94 bits per heavy atom. The molecular formula is C13H14N2O. The van der Waals surface area contributed by atoms with Gasteiger partial charge in [-0.3, -0.25) is 14.7 Å². The highest BCUT2D eigenvalue weighted by molar-refractivity contribution is 6.23. The molecule has 3 nitrogen and oxygen atoms in total. The predicted octanol–water partition coefficient (Wildman–Crippen LogP) is 1.93. The van der Waals surface area contributed by atoms with Gasteiger partial charge in [-0.25, -0.2) is 0 Å². The van der Waals surface area contributed by atoms with E-state index in [9.17, 15) is 4.79 Å². The van der Waals surface area contributed by atoms with E-state index in [1.807, 2.05) is 29.2 Å². The van der Waals surface area contributed by atoms with Gasteiger partial charge in [0.25, 0.3) is 5.91 Å². The van der Waals surface area contributed by atoms with Crippen molar-refractivity contribution in [2.24, 2.45) is 10.4 Å². The molecule has 3 rings (SSSR count). The first-order valence-electron chi connectivity index (χ1n) is 5.54. The molecule has 0 radical (unpaired) electrons. The second-order valence-corrected chi connectivity index (χ2v) is 5.24. The van der Waals surface area contributed by atoms with Crippen LogP contribution in [0.25, 0.3) is 0 Å². The Morgan fingerprint density at radius 3 is 2.69 bits per heavy atom. The van der Waals surface area contributed by atoms with Gasteiger partial charge in [0.15, 0.2) is 0 Å². The molecular weight excluding hydrogens is 200 g/mol. The Balaban J connectivity index is 2.14. The highest BCUT2D eigenvalue weighted by Gasteiger charge is 2.39. The van der Waals surface area contributed by atoms with Crippen molar-refractivity contribution < 1.29 is 4.79 Å². The van der Waals surface area contributed by atoms with Gasteiger partial charge in [0, 0.05) is 24.1 Å². The minimum atomic E-state index is 0.0845. The van der Waals surface area contributed by atoms with E-state index in [2.05, 4.69) is 18.8 Å². The van der Waals surface area contributed by atoms with Gasteiger partial charge in [-0.1, -0.05) is 32.0 Å². The van der Waals surface area contributed by atoms with Crippen LogP contribution in [0, 0.1) is 5.41 Å². The van der Waals surface area contributed by atoms with Gasteiger partial charge in [-0.2, -0.15) is 0 Å². The number of benzene rings is 1. The first kappa shape index (κ1) is 9.58. The second kappa shape index (κ2) is 2.94. The van der Waals surface area contributed by atoms with E-state index in [0.29, 0.717) is 0 Å². The molecule has 0 unspecified atom stereocenters. The van der Waals surface area contributed by atoms with Gasteiger partial charge in [0.1, 0.15) is 5.84 Å². The van der Waals surface area contributed by atoms with Crippen molar-refractivity contribution in [1.29, 1.82) is 0 Å². The van der Waals surface area contributed by atoms with Gasteiger partial charge >= 0.3 is 0 Å². The molecule has 0 atom stereocenters. The average molecular weight is 214 g/mol. The third kappa shape index (κ3) is 1.21. The monoisotopic (exact) mass is 214 g/mol. The standard InChI is InChI=1S/C13H14N2O/c1-13(2)7-14-11-9-5-3-4-6-10(9)12(16)15(11)8-13/h3-6H,7-8H2,1-2H3. The quantitative estimate of drug-likeness (QED) is 0.649. The minimum absolute atomic E-state index is 0.0845. The summed E-state index contributed by atoms with van der Waals surface area (Å²) in [6, 6.07) is 7.72. The fourth-order valence-corrected chi connectivity index (χ4v) is 2.34. The highest BCUT2D eigenvalue weighted by Crippen LogP contribution is 2.31. The van der Waals surface area contributed by atoms with Crippen molar-refractivity contribution in [2.75, 3.05) is 13.1 Å². The summed E-state index contributed by atoms with van der Waals surface area (Å²) in [4.78, 5) is 18.5. The topological polar surface area (TPSA) is 32.7 Å². The average Bonchev–Trinajstić information content (AvgIpc) is 2.52. The van der Waals surface area contributed by atoms with Crippen molar-refractivity contribution >= 4 is 11.7 Å². The van der Waals surface area contributed by atoms with Gasteiger partial charge in [0.05, 0.1) is 5.56 Å². The normalized spacial score (nSPS) is 21.5. The molecule has 2 aliphatic heterocycles. The third-order valence-corrected chi connectivity index (χ3v) is 3.14. The molecule has 0 saturated heterocycles. The molecule has 1 amide bonds. The first-order valence-corrected chi connectivity index (χ1v) is 5.54. The summed E-state index contributed by atoms with van der Waals surface area (Å²) in [7, 11) is 0. The molecule has 0 saturated carbocycles. The SMILES string of the molecule is CC1(C)CN=C2c3ccccc3C(=O)N2C1. The molecule has 0 aromatic heterocycles. The number of fused-ring (bicyclic) bond motifs is 3. The van der Waals surface area contributed by atoms with Crippen LogP contribution in [-0.2, 0) is 0 Å². The fraction of sp³-hybridized carbons (Fsp3) is 0.385. The number of rotatable bonds is 0. The number of nitrogens with zero attached hydrogens (tertiary/aromatic N) is 2.